The maximum Gasteiger partial charge on any atom is 0.255 e. The number of amides is 1. The predicted octanol–water partition coefficient (Wildman–Crippen LogP) is 4.13. The van der Waals surface area contributed by atoms with Gasteiger partial charge in [-0.2, -0.15) is 0 Å². The van der Waals surface area contributed by atoms with E-state index in [9.17, 15) is 9.18 Å². The average molecular weight is 286 g/mol. The van der Waals surface area contributed by atoms with Crippen LogP contribution in [-0.2, 0) is 0 Å². The second-order valence-corrected chi connectivity index (χ2v) is 5.03. The van der Waals surface area contributed by atoms with Crippen LogP contribution in [0.1, 0.15) is 28.4 Å². The first-order valence-corrected chi connectivity index (χ1v) is 6.92. The number of carbonyl (C=O) groups is 1. The molecule has 0 atom stereocenters. The van der Waals surface area contributed by atoms with Crippen LogP contribution in [0, 0.1) is 19.7 Å². The van der Waals surface area contributed by atoms with Crippen molar-refractivity contribution >= 4 is 17.3 Å². The first-order valence-electron chi connectivity index (χ1n) is 6.92. The van der Waals surface area contributed by atoms with Gasteiger partial charge in [0.1, 0.15) is 5.82 Å². The van der Waals surface area contributed by atoms with Crippen LogP contribution in [-0.4, -0.2) is 12.5 Å². The van der Waals surface area contributed by atoms with Crippen molar-refractivity contribution in [3.63, 3.8) is 0 Å². The summed E-state index contributed by atoms with van der Waals surface area (Å²) >= 11 is 0. The van der Waals surface area contributed by atoms with E-state index in [0.717, 1.165) is 23.4 Å². The van der Waals surface area contributed by atoms with Gasteiger partial charge in [-0.1, -0.05) is 0 Å². The van der Waals surface area contributed by atoms with Gasteiger partial charge in [0.15, 0.2) is 0 Å². The standard InChI is InChI=1S/C17H19FN2O/c1-4-19-16-6-5-13(9-12(16)3)17(21)20-15-8-11(2)7-14(18)10-15/h5-10,19H,4H2,1-3H3,(H,20,21). The molecule has 0 aliphatic carbocycles. The molecule has 2 aromatic carbocycles. The second-order valence-electron chi connectivity index (χ2n) is 5.03. The highest BCUT2D eigenvalue weighted by Crippen LogP contribution is 2.18. The summed E-state index contributed by atoms with van der Waals surface area (Å²) in [4.78, 5) is 12.2. The fraction of sp³-hybridized carbons (Fsp3) is 0.235. The molecule has 0 aromatic heterocycles. The Labute approximate surface area is 124 Å². The molecule has 110 valence electrons. The minimum atomic E-state index is -0.357. The van der Waals surface area contributed by atoms with Gasteiger partial charge in [0.2, 0.25) is 0 Å². The molecule has 2 aromatic rings. The van der Waals surface area contributed by atoms with E-state index in [4.69, 9.17) is 0 Å². The van der Waals surface area contributed by atoms with Gasteiger partial charge >= 0.3 is 0 Å². The van der Waals surface area contributed by atoms with Crippen molar-refractivity contribution in [3.05, 3.63) is 58.9 Å². The van der Waals surface area contributed by atoms with E-state index in [1.807, 2.05) is 26.0 Å². The highest BCUT2D eigenvalue weighted by Gasteiger charge is 2.09. The van der Waals surface area contributed by atoms with Gasteiger partial charge in [-0.15, -0.1) is 0 Å². The summed E-state index contributed by atoms with van der Waals surface area (Å²) in [6.07, 6.45) is 0. The molecule has 21 heavy (non-hydrogen) atoms. The van der Waals surface area contributed by atoms with Crippen LogP contribution in [0.3, 0.4) is 0 Å². The van der Waals surface area contributed by atoms with Crippen molar-refractivity contribution in [2.75, 3.05) is 17.2 Å². The van der Waals surface area contributed by atoms with E-state index in [-0.39, 0.29) is 11.7 Å². The van der Waals surface area contributed by atoms with E-state index >= 15 is 0 Å². The Morgan fingerprint density at radius 1 is 1.14 bits per heavy atom. The third kappa shape index (κ3) is 3.81. The van der Waals surface area contributed by atoms with Gasteiger partial charge < -0.3 is 10.6 Å². The van der Waals surface area contributed by atoms with Crippen molar-refractivity contribution in [3.8, 4) is 0 Å². The number of halogens is 1. The van der Waals surface area contributed by atoms with Crippen LogP contribution in [0.15, 0.2) is 36.4 Å². The average Bonchev–Trinajstić information content (AvgIpc) is 2.40. The highest BCUT2D eigenvalue weighted by atomic mass is 19.1. The molecule has 0 heterocycles. The Balaban J connectivity index is 2.18. The second kappa shape index (κ2) is 6.39. The van der Waals surface area contributed by atoms with E-state index in [1.54, 1.807) is 19.1 Å². The number of benzene rings is 2. The van der Waals surface area contributed by atoms with Crippen LogP contribution < -0.4 is 10.6 Å². The largest absolute Gasteiger partial charge is 0.385 e. The van der Waals surface area contributed by atoms with Crippen LogP contribution in [0.4, 0.5) is 15.8 Å². The first kappa shape index (κ1) is 15.0. The number of rotatable bonds is 4. The molecule has 1 amide bonds. The molecular formula is C17H19FN2O. The molecule has 3 nitrogen and oxygen atoms in total. The van der Waals surface area contributed by atoms with Crippen molar-refractivity contribution in [2.45, 2.75) is 20.8 Å². The Morgan fingerprint density at radius 2 is 1.90 bits per heavy atom. The molecule has 0 aliphatic rings. The van der Waals surface area contributed by atoms with E-state index in [2.05, 4.69) is 10.6 Å². The number of anilines is 2. The predicted molar refractivity (Wildman–Crippen MR) is 84.4 cm³/mol. The van der Waals surface area contributed by atoms with Crippen LogP contribution >= 0.6 is 0 Å². The lowest BCUT2D eigenvalue weighted by Crippen LogP contribution is -2.12. The lowest BCUT2D eigenvalue weighted by Gasteiger charge is -2.10. The summed E-state index contributed by atoms with van der Waals surface area (Å²) in [5.41, 5.74) is 3.79. The molecule has 0 saturated heterocycles. The van der Waals surface area contributed by atoms with Gasteiger partial charge in [-0.3, -0.25) is 4.79 Å². The van der Waals surface area contributed by atoms with E-state index in [1.165, 1.54) is 12.1 Å². The maximum atomic E-state index is 13.3. The fourth-order valence-corrected chi connectivity index (χ4v) is 2.21. The van der Waals surface area contributed by atoms with Crippen LogP contribution in [0.25, 0.3) is 0 Å². The molecule has 2 N–H and O–H groups in total. The van der Waals surface area contributed by atoms with Crippen molar-refractivity contribution in [1.29, 1.82) is 0 Å². The summed E-state index contributed by atoms with van der Waals surface area (Å²) in [5.74, 6) is -0.602. The third-order valence-electron chi connectivity index (χ3n) is 3.16. The number of carbonyl (C=O) groups excluding carboxylic acids is 1. The minimum Gasteiger partial charge on any atom is -0.385 e. The fourth-order valence-electron chi connectivity index (χ4n) is 2.21. The van der Waals surface area contributed by atoms with Gasteiger partial charge in [0, 0.05) is 23.5 Å². The quantitative estimate of drug-likeness (QED) is 0.887. The smallest absolute Gasteiger partial charge is 0.255 e. The number of hydrogen-bond acceptors (Lipinski definition) is 2. The van der Waals surface area contributed by atoms with Crippen molar-refractivity contribution in [1.82, 2.24) is 0 Å². The van der Waals surface area contributed by atoms with Gasteiger partial charge in [-0.25, -0.2) is 4.39 Å². The van der Waals surface area contributed by atoms with Crippen molar-refractivity contribution in [2.24, 2.45) is 0 Å². The molecule has 0 saturated carbocycles. The number of hydrogen-bond donors (Lipinski definition) is 2. The van der Waals surface area contributed by atoms with Gasteiger partial charge in [-0.05, 0) is 68.3 Å². The topological polar surface area (TPSA) is 41.1 Å². The van der Waals surface area contributed by atoms with Crippen LogP contribution in [0.5, 0.6) is 0 Å². The third-order valence-corrected chi connectivity index (χ3v) is 3.16. The minimum absolute atomic E-state index is 0.244. The summed E-state index contributed by atoms with van der Waals surface area (Å²) in [6.45, 7) is 6.58. The SMILES string of the molecule is CCNc1ccc(C(=O)Nc2cc(C)cc(F)c2)cc1C. The zero-order valence-electron chi connectivity index (χ0n) is 12.5. The molecular weight excluding hydrogens is 267 g/mol. The Kier molecular flexibility index (Phi) is 4.58. The monoisotopic (exact) mass is 286 g/mol. The molecule has 0 fully saturated rings. The molecule has 4 heteroatoms. The van der Waals surface area contributed by atoms with E-state index < -0.39 is 0 Å². The summed E-state index contributed by atoms with van der Waals surface area (Å²) in [6, 6.07) is 9.92. The molecule has 0 bridgehead atoms. The molecule has 2 rings (SSSR count). The highest BCUT2D eigenvalue weighted by molar-refractivity contribution is 6.04. The van der Waals surface area contributed by atoms with Gasteiger partial charge in [0.25, 0.3) is 5.91 Å². The molecule has 0 spiro atoms. The lowest BCUT2D eigenvalue weighted by molar-refractivity contribution is 0.102. The van der Waals surface area contributed by atoms with E-state index in [0.29, 0.717) is 11.3 Å². The van der Waals surface area contributed by atoms with Gasteiger partial charge in [0.05, 0.1) is 0 Å². The first-order chi connectivity index (χ1) is 9.99. The Bertz CT molecular complexity index is 648. The normalized spacial score (nSPS) is 10.3. The lowest BCUT2D eigenvalue weighted by atomic mass is 10.1. The summed E-state index contributed by atoms with van der Waals surface area (Å²) in [7, 11) is 0. The maximum absolute atomic E-state index is 13.3. The molecule has 0 radical (unpaired) electrons. The van der Waals surface area contributed by atoms with Crippen molar-refractivity contribution < 1.29 is 9.18 Å². The summed E-state index contributed by atoms with van der Waals surface area (Å²) < 4.78 is 13.3. The molecule has 0 unspecified atom stereocenters. The van der Waals surface area contributed by atoms with Crippen LogP contribution in [0.2, 0.25) is 0 Å². The number of nitrogens with one attached hydrogen (secondary N) is 2. The zero-order chi connectivity index (χ0) is 15.4. The summed E-state index contributed by atoms with van der Waals surface area (Å²) in [5, 5.41) is 5.94. The number of aryl methyl sites for hydroxylation is 2. The zero-order valence-corrected chi connectivity index (χ0v) is 12.5. The Morgan fingerprint density at radius 3 is 2.52 bits per heavy atom. The Hall–Kier alpha value is -2.36. The molecule has 0 aliphatic heterocycles.